The molecule has 0 aromatic carbocycles. The van der Waals surface area contributed by atoms with Gasteiger partial charge in [-0.1, -0.05) is 12.8 Å². The summed E-state index contributed by atoms with van der Waals surface area (Å²) in [5.41, 5.74) is 12.4. The molecule has 3 aliphatic carbocycles. The number of fused-ring (bicyclic) bond motifs is 1. The minimum atomic E-state index is 0.367. The largest absolute Gasteiger partial charge is 0.375 e. The molecule has 19 heavy (non-hydrogen) atoms. The second-order valence-electron chi connectivity index (χ2n) is 7.08. The van der Waals surface area contributed by atoms with Gasteiger partial charge in [0.1, 0.15) is 0 Å². The van der Waals surface area contributed by atoms with Gasteiger partial charge in [0, 0.05) is 12.1 Å². The van der Waals surface area contributed by atoms with Crippen LogP contribution in [0.1, 0.15) is 64.2 Å². The van der Waals surface area contributed by atoms with E-state index in [1.165, 1.54) is 51.4 Å². The Kier molecular flexibility index (Phi) is 4.45. The summed E-state index contributed by atoms with van der Waals surface area (Å²) >= 11 is 0. The first-order chi connectivity index (χ1) is 9.24. The van der Waals surface area contributed by atoms with Crippen molar-refractivity contribution in [3.63, 3.8) is 0 Å². The lowest BCUT2D eigenvalue weighted by atomic mass is 9.67. The smallest absolute Gasteiger partial charge is 0.0610 e. The van der Waals surface area contributed by atoms with Gasteiger partial charge in [0.25, 0.3) is 0 Å². The Morgan fingerprint density at radius 3 is 2.32 bits per heavy atom. The van der Waals surface area contributed by atoms with Gasteiger partial charge in [-0.3, -0.25) is 0 Å². The van der Waals surface area contributed by atoms with E-state index in [1.54, 1.807) is 0 Å². The molecule has 0 aliphatic heterocycles. The number of ether oxygens (including phenoxy) is 1. The van der Waals surface area contributed by atoms with Crippen molar-refractivity contribution in [2.75, 3.05) is 0 Å². The maximum Gasteiger partial charge on any atom is 0.0610 e. The molecule has 0 heterocycles. The maximum absolute atomic E-state index is 6.48. The monoisotopic (exact) mass is 266 g/mol. The van der Waals surface area contributed by atoms with E-state index >= 15 is 0 Å². The molecule has 3 nitrogen and oxygen atoms in total. The molecule has 110 valence electrons. The molecular weight excluding hydrogens is 236 g/mol. The fourth-order valence-corrected chi connectivity index (χ4v) is 4.69. The summed E-state index contributed by atoms with van der Waals surface area (Å²) in [6, 6.07) is 0.797. The Bertz CT molecular complexity index is 296. The van der Waals surface area contributed by atoms with E-state index in [0.717, 1.165) is 24.7 Å². The van der Waals surface area contributed by atoms with Gasteiger partial charge in [-0.15, -0.1) is 0 Å². The second kappa shape index (κ2) is 6.11. The van der Waals surface area contributed by atoms with Gasteiger partial charge in [0.05, 0.1) is 12.2 Å². The standard InChI is InChI=1S/C16H30N2O/c17-11-4-3-5-12(10-11)19-16-9-8-15(18)13-6-1-2-7-14(13)16/h11-16H,1-10,17-18H2. The normalized spacial score (nSPS) is 47.7. The lowest BCUT2D eigenvalue weighted by Gasteiger charge is -2.46. The highest BCUT2D eigenvalue weighted by Gasteiger charge is 2.40. The van der Waals surface area contributed by atoms with Crippen molar-refractivity contribution in [2.24, 2.45) is 23.3 Å². The van der Waals surface area contributed by atoms with Gasteiger partial charge in [-0.25, -0.2) is 0 Å². The molecular formula is C16H30N2O. The molecule has 3 rings (SSSR count). The third-order valence-corrected chi connectivity index (χ3v) is 5.72. The molecule has 0 radical (unpaired) electrons. The molecule has 0 bridgehead atoms. The highest BCUT2D eigenvalue weighted by atomic mass is 16.5. The fourth-order valence-electron chi connectivity index (χ4n) is 4.69. The maximum atomic E-state index is 6.48. The highest BCUT2D eigenvalue weighted by Crippen LogP contribution is 2.42. The van der Waals surface area contributed by atoms with Gasteiger partial charge < -0.3 is 16.2 Å². The third kappa shape index (κ3) is 3.14. The van der Waals surface area contributed by atoms with Crippen molar-refractivity contribution in [2.45, 2.75) is 88.5 Å². The van der Waals surface area contributed by atoms with Gasteiger partial charge in [0.15, 0.2) is 0 Å². The molecule has 0 spiro atoms. The van der Waals surface area contributed by atoms with E-state index in [1.807, 2.05) is 0 Å². The Balaban J connectivity index is 1.60. The Hall–Kier alpha value is -0.120. The summed E-state index contributed by atoms with van der Waals surface area (Å²) in [6.45, 7) is 0. The molecule has 0 saturated heterocycles. The molecule has 3 fully saturated rings. The van der Waals surface area contributed by atoms with Crippen LogP contribution in [-0.2, 0) is 4.74 Å². The molecule has 6 unspecified atom stereocenters. The number of hydrogen-bond acceptors (Lipinski definition) is 3. The van der Waals surface area contributed by atoms with Crippen LogP contribution in [0, 0.1) is 11.8 Å². The van der Waals surface area contributed by atoms with Gasteiger partial charge in [-0.05, 0) is 63.2 Å². The first-order valence-electron chi connectivity index (χ1n) is 8.40. The number of nitrogens with two attached hydrogens (primary N) is 2. The van der Waals surface area contributed by atoms with Crippen molar-refractivity contribution in [1.29, 1.82) is 0 Å². The zero-order valence-corrected chi connectivity index (χ0v) is 12.1. The van der Waals surface area contributed by atoms with Crippen LogP contribution in [0.5, 0.6) is 0 Å². The second-order valence-corrected chi connectivity index (χ2v) is 7.08. The summed E-state index contributed by atoms with van der Waals surface area (Å²) in [4.78, 5) is 0. The average molecular weight is 266 g/mol. The first kappa shape index (κ1) is 13.8. The Morgan fingerprint density at radius 2 is 1.53 bits per heavy atom. The van der Waals surface area contributed by atoms with E-state index in [2.05, 4.69) is 0 Å². The molecule has 6 atom stereocenters. The van der Waals surface area contributed by atoms with Crippen LogP contribution in [0.4, 0.5) is 0 Å². The minimum Gasteiger partial charge on any atom is -0.375 e. The van der Waals surface area contributed by atoms with Gasteiger partial charge >= 0.3 is 0 Å². The molecule has 3 heteroatoms. The van der Waals surface area contributed by atoms with E-state index in [9.17, 15) is 0 Å². The average Bonchev–Trinajstić information content (AvgIpc) is 2.42. The van der Waals surface area contributed by atoms with E-state index in [4.69, 9.17) is 16.2 Å². The quantitative estimate of drug-likeness (QED) is 0.807. The van der Waals surface area contributed by atoms with Gasteiger partial charge in [-0.2, -0.15) is 0 Å². The molecule has 4 N–H and O–H groups in total. The van der Waals surface area contributed by atoms with Crippen LogP contribution in [-0.4, -0.2) is 24.3 Å². The lowest BCUT2D eigenvalue weighted by Crippen LogP contribution is -2.49. The first-order valence-corrected chi connectivity index (χ1v) is 8.40. The van der Waals surface area contributed by atoms with Crippen molar-refractivity contribution in [3.8, 4) is 0 Å². The Labute approximate surface area is 117 Å². The van der Waals surface area contributed by atoms with E-state index in [-0.39, 0.29) is 0 Å². The van der Waals surface area contributed by atoms with Gasteiger partial charge in [0.2, 0.25) is 0 Å². The minimum absolute atomic E-state index is 0.367. The summed E-state index contributed by atoms with van der Waals surface area (Å²) in [5, 5.41) is 0. The van der Waals surface area contributed by atoms with Crippen molar-refractivity contribution < 1.29 is 4.74 Å². The fraction of sp³-hybridized carbons (Fsp3) is 1.00. The van der Waals surface area contributed by atoms with Crippen molar-refractivity contribution in [1.82, 2.24) is 0 Å². The third-order valence-electron chi connectivity index (χ3n) is 5.72. The molecule has 3 saturated carbocycles. The summed E-state index contributed by atoms with van der Waals surface area (Å²) in [6.07, 6.45) is 13.3. The predicted molar refractivity (Wildman–Crippen MR) is 77.8 cm³/mol. The molecule has 0 aromatic rings. The number of rotatable bonds is 2. The highest BCUT2D eigenvalue weighted by molar-refractivity contribution is 4.93. The zero-order chi connectivity index (χ0) is 13.2. The molecule has 3 aliphatic rings. The summed E-state index contributed by atoms with van der Waals surface area (Å²) in [7, 11) is 0. The van der Waals surface area contributed by atoms with Crippen molar-refractivity contribution >= 4 is 0 Å². The summed E-state index contributed by atoms with van der Waals surface area (Å²) in [5.74, 6) is 1.46. The Morgan fingerprint density at radius 1 is 0.737 bits per heavy atom. The van der Waals surface area contributed by atoms with E-state index in [0.29, 0.717) is 24.3 Å². The van der Waals surface area contributed by atoms with Crippen LogP contribution in [0.25, 0.3) is 0 Å². The van der Waals surface area contributed by atoms with Crippen molar-refractivity contribution in [3.05, 3.63) is 0 Å². The van der Waals surface area contributed by atoms with Crippen LogP contribution in [0.15, 0.2) is 0 Å². The molecule has 0 amide bonds. The zero-order valence-electron chi connectivity index (χ0n) is 12.1. The predicted octanol–water partition coefficient (Wildman–Crippen LogP) is 2.57. The lowest BCUT2D eigenvalue weighted by molar-refractivity contribution is -0.101. The molecule has 0 aromatic heterocycles. The van der Waals surface area contributed by atoms with Crippen LogP contribution in [0.2, 0.25) is 0 Å². The topological polar surface area (TPSA) is 61.3 Å². The van der Waals surface area contributed by atoms with E-state index < -0.39 is 0 Å². The summed E-state index contributed by atoms with van der Waals surface area (Å²) < 4.78 is 6.48. The van der Waals surface area contributed by atoms with Crippen LogP contribution in [0.3, 0.4) is 0 Å². The van der Waals surface area contributed by atoms with Crippen LogP contribution < -0.4 is 11.5 Å². The van der Waals surface area contributed by atoms with Crippen LogP contribution >= 0.6 is 0 Å². The SMILES string of the molecule is NC1CCCC(OC2CCC(N)C3CCCCC23)C1. The number of hydrogen-bond donors (Lipinski definition) is 2.